The van der Waals surface area contributed by atoms with E-state index in [0.717, 1.165) is 0 Å². The van der Waals surface area contributed by atoms with Gasteiger partial charge in [-0.25, -0.2) is 0 Å². The Morgan fingerprint density at radius 2 is 1.97 bits per heavy atom. The van der Waals surface area contributed by atoms with Crippen LogP contribution in [0.5, 0.6) is 0 Å². The molecule has 1 aromatic carbocycles. The third-order valence-electron chi connectivity index (χ3n) is 6.12. The second-order valence-corrected chi connectivity index (χ2v) is 8.10. The lowest BCUT2D eigenvalue weighted by Crippen LogP contribution is -2.52. The zero-order valence-corrected chi connectivity index (χ0v) is 16.8. The summed E-state index contributed by atoms with van der Waals surface area (Å²) < 4.78 is 80.0. The van der Waals surface area contributed by atoms with E-state index in [4.69, 9.17) is 0 Å². The fourth-order valence-corrected chi connectivity index (χ4v) is 4.72. The van der Waals surface area contributed by atoms with Crippen LogP contribution < -0.4 is 5.32 Å². The zero-order chi connectivity index (χ0) is 22.7. The molecule has 10 heteroatoms. The van der Waals surface area contributed by atoms with Crippen LogP contribution in [0.1, 0.15) is 30.2 Å². The molecule has 0 spiro atoms. The van der Waals surface area contributed by atoms with E-state index >= 15 is 0 Å². The van der Waals surface area contributed by atoms with Crippen molar-refractivity contribution in [2.24, 2.45) is 5.92 Å². The number of H-pyrrole nitrogens is 1. The topological polar surface area (TPSA) is 48.1 Å². The van der Waals surface area contributed by atoms with E-state index in [1.54, 1.807) is 36.2 Å². The highest BCUT2D eigenvalue weighted by Crippen LogP contribution is 2.45. The van der Waals surface area contributed by atoms with Gasteiger partial charge < -0.3 is 10.3 Å². The summed E-state index contributed by atoms with van der Waals surface area (Å²) in [6.07, 6.45) is -7.73. The van der Waals surface area contributed by atoms with Gasteiger partial charge in [-0.3, -0.25) is 9.69 Å². The van der Waals surface area contributed by atoms with Crippen molar-refractivity contribution in [3.8, 4) is 0 Å². The molecule has 4 nitrogen and oxygen atoms in total. The Morgan fingerprint density at radius 1 is 1.26 bits per heavy atom. The lowest BCUT2D eigenvalue weighted by Gasteiger charge is -2.40. The number of amides is 1. The molecule has 4 rings (SSSR count). The van der Waals surface area contributed by atoms with Crippen molar-refractivity contribution in [3.63, 3.8) is 0 Å². The first-order chi connectivity index (χ1) is 14.4. The van der Waals surface area contributed by atoms with Gasteiger partial charge in [-0.1, -0.05) is 25.1 Å². The van der Waals surface area contributed by atoms with Gasteiger partial charge in [-0.15, -0.1) is 0 Å². The summed E-state index contributed by atoms with van der Waals surface area (Å²) in [6.45, 7) is 1.50. The number of nitrogens with one attached hydrogen (secondary N) is 2. The lowest BCUT2D eigenvalue weighted by atomic mass is 9.80. The molecule has 31 heavy (non-hydrogen) atoms. The predicted molar refractivity (Wildman–Crippen MR) is 103 cm³/mol. The van der Waals surface area contributed by atoms with Gasteiger partial charge in [-0.05, 0) is 42.7 Å². The van der Waals surface area contributed by atoms with Gasteiger partial charge in [0.05, 0.1) is 6.04 Å². The Labute approximate surface area is 174 Å². The van der Waals surface area contributed by atoms with Gasteiger partial charge in [0.15, 0.2) is 0 Å². The number of halogens is 6. The molecule has 1 aliphatic carbocycles. The van der Waals surface area contributed by atoms with Crippen molar-refractivity contribution in [1.29, 1.82) is 0 Å². The summed E-state index contributed by atoms with van der Waals surface area (Å²) in [6, 6.07) is 3.87. The smallest absolute Gasteiger partial charge is 0.351 e. The molecule has 3 atom stereocenters. The van der Waals surface area contributed by atoms with Crippen LogP contribution >= 0.6 is 0 Å². The molecule has 1 aromatic heterocycles. The fraction of sp³-hybridized carbons (Fsp3) is 0.476. The molecule has 0 saturated heterocycles. The molecule has 2 N–H and O–H groups in total. The summed E-state index contributed by atoms with van der Waals surface area (Å²) in [7, 11) is 1.70. The highest BCUT2D eigenvalue weighted by molar-refractivity contribution is 5.99. The Hall–Kier alpha value is -2.49. The number of hydrogen-bond acceptors (Lipinski definition) is 2. The van der Waals surface area contributed by atoms with E-state index in [1.165, 1.54) is 6.92 Å². The summed E-state index contributed by atoms with van der Waals surface area (Å²) in [4.78, 5) is 16.5. The molecule has 0 fully saturated rings. The van der Waals surface area contributed by atoms with Gasteiger partial charge >= 0.3 is 12.4 Å². The number of likely N-dealkylation sites (N-methyl/N-ethyl adjacent to an activating group) is 1. The van der Waals surface area contributed by atoms with Crippen molar-refractivity contribution >= 4 is 22.4 Å². The lowest BCUT2D eigenvalue weighted by molar-refractivity contribution is -0.183. The number of benzene rings is 1. The maximum atomic E-state index is 13.6. The van der Waals surface area contributed by atoms with E-state index in [2.05, 4.69) is 10.3 Å². The number of carbonyl (C=O) groups excluding carboxylic acids is 1. The molecule has 1 aliphatic heterocycles. The number of carbonyl (C=O) groups is 1. The predicted octanol–water partition coefficient (Wildman–Crippen LogP) is 4.51. The van der Waals surface area contributed by atoms with Crippen LogP contribution in [0.15, 0.2) is 24.3 Å². The molecule has 168 valence electrons. The summed E-state index contributed by atoms with van der Waals surface area (Å²) in [5.74, 6) is -3.20. The summed E-state index contributed by atoms with van der Waals surface area (Å²) in [5.41, 5.74) is 1.09. The minimum atomic E-state index is -4.64. The molecular formula is C21H21F6N3O. The Morgan fingerprint density at radius 3 is 2.58 bits per heavy atom. The van der Waals surface area contributed by atoms with E-state index in [-0.39, 0.29) is 31.0 Å². The standard InChI is InChI=1S/C21H21F6N3O/c1-3-14(20(22,23)24)19(31)28-10-7-12-11-5-4-6-15-17(11)13(8-16(12)30(2)9-10)18(29-15)21(25,26)27/h4-7,10,14,16,29H,3,8-9H2,1-2H3,(H,28,31)/t10?,14?,16-/m1/s1. The third kappa shape index (κ3) is 3.71. The highest BCUT2D eigenvalue weighted by Gasteiger charge is 2.45. The molecule has 0 bridgehead atoms. The van der Waals surface area contributed by atoms with Gasteiger partial charge in [0, 0.05) is 23.5 Å². The van der Waals surface area contributed by atoms with Gasteiger partial charge in [0.25, 0.3) is 0 Å². The normalized spacial score (nSPS) is 22.8. The number of aromatic nitrogens is 1. The van der Waals surface area contributed by atoms with Crippen LogP contribution in [0.25, 0.3) is 16.5 Å². The molecule has 2 unspecified atom stereocenters. The minimum Gasteiger partial charge on any atom is -0.351 e. The first kappa shape index (κ1) is 21.7. The first-order valence-electron chi connectivity index (χ1n) is 9.92. The van der Waals surface area contributed by atoms with Gasteiger partial charge in [0.2, 0.25) is 5.91 Å². The van der Waals surface area contributed by atoms with Crippen molar-refractivity contribution in [2.75, 3.05) is 13.6 Å². The van der Waals surface area contributed by atoms with Crippen LogP contribution in [0.4, 0.5) is 26.3 Å². The number of hydrogen-bond donors (Lipinski definition) is 2. The molecular weight excluding hydrogens is 424 g/mol. The molecule has 0 saturated carbocycles. The number of alkyl halides is 6. The van der Waals surface area contributed by atoms with Gasteiger partial charge in [0.1, 0.15) is 11.6 Å². The van der Waals surface area contributed by atoms with Crippen LogP contribution in [-0.2, 0) is 17.4 Å². The largest absolute Gasteiger partial charge is 0.431 e. The maximum Gasteiger partial charge on any atom is 0.431 e. The molecule has 1 amide bonds. The minimum absolute atomic E-state index is 0.120. The van der Waals surface area contributed by atoms with Gasteiger partial charge in [-0.2, -0.15) is 26.3 Å². The average molecular weight is 445 g/mol. The highest BCUT2D eigenvalue weighted by atomic mass is 19.4. The first-order valence-corrected chi connectivity index (χ1v) is 9.92. The van der Waals surface area contributed by atoms with Crippen LogP contribution in [-0.4, -0.2) is 47.6 Å². The monoisotopic (exact) mass is 445 g/mol. The van der Waals surface area contributed by atoms with Crippen molar-refractivity contribution < 1.29 is 31.1 Å². The van der Waals surface area contributed by atoms with E-state index in [1.807, 2.05) is 0 Å². The number of fused-ring (bicyclic) bond motifs is 2. The van der Waals surface area contributed by atoms with E-state index < -0.39 is 35.9 Å². The number of nitrogens with zero attached hydrogens (tertiary/aromatic N) is 1. The van der Waals surface area contributed by atoms with E-state index in [9.17, 15) is 31.1 Å². The number of aromatic amines is 1. The van der Waals surface area contributed by atoms with Crippen molar-refractivity contribution in [1.82, 2.24) is 15.2 Å². The molecule has 2 aromatic rings. The molecule has 2 aliphatic rings. The van der Waals surface area contributed by atoms with Crippen molar-refractivity contribution in [2.45, 2.75) is 44.2 Å². The van der Waals surface area contributed by atoms with Crippen LogP contribution in [0.3, 0.4) is 0 Å². The second-order valence-electron chi connectivity index (χ2n) is 8.10. The Bertz CT molecular complexity index is 1050. The Kier molecular flexibility index (Phi) is 5.11. The maximum absolute atomic E-state index is 13.6. The average Bonchev–Trinajstić information content (AvgIpc) is 3.02. The second kappa shape index (κ2) is 7.29. The van der Waals surface area contributed by atoms with E-state index in [0.29, 0.717) is 22.0 Å². The van der Waals surface area contributed by atoms with Crippen LogP contribution in [0, 0.1) is 5.92 Å². The summed E-state index contributed by atoms with van der Waals surface area (Å²) >= 11 is 0. The van der Waals surface area contributed by atoms with Crippen molar-refractivity contribution in [3.05, 3.63) is 41.1 Å². The SMILES string of the molecule is CCC(C(=O)NC1C=C2c3cccc4[nH]c(C(F)(F)F)c(c34)C[C@H]2N(C)C1)C(F)(F)F. The van der Waals surface area contributed by atoms with Crippen LogP contribution in [0.2, 0.25) is 0 Å². The molecule has 2 heterocycles. The number of rotatable bonds is 3. The Balaban J connectivity index is 1.74. The fourth-order valence-electron chi connectivity index (χ4n) is 4.72. The quantitative estimate of drug-likeness (QED) is 0.683. The third-order valence-corrected chi connectivity index (χ3v) is 6.12. The summed E-state index contributed by atoms with van der Waals surface area (Å²) in [5, 5.41) is 2.93. The molecule has 0 radical (unpaired) electrons. The zero-order valence-electron chi connectivity index (χ0n) is 16.8.